The monoisotopic (exact) mass is 863 g/mol. The normalized spacial score (nSPS) is 12.0. The third-order valence-electron chi connectivity index (χ3n) is 12.5. The van der Waals surface area contributed by atoms with E-state index in [0.717, 1.165) is 63.7 Å². The summed E-state index contributed by atoms with van der Waals surface area (Å²) in [6.45, 7) is 9.02. The molecule has 61 heavy (non-hydrogen) atoms. The predicted molar refractivity (Wildman–Crippen MR) is 261 cm³/mol. The van der Waals surface area contributed by atoms with E-state index in [1.807, 2.05) is 0 Å². The molecule has 0 amide bonds. The minimum Gasteiger partial charge on any atom is -0.462 e. The summed E-state index contributed by atoms with van der Waals surface area (Å²) in [4.78, 5) is 37.9. The zero-order chi connectivity index (χ0) is 44.5. The number of esters is 3. The largest absolute Gasteiger partial charge is 0.462 e. The third-order valence-corrected chi connectivity index (χ3v) is 12.5. The SMILES string of the molecule is CCCCCCCCCCCCCCCCCCCCCC(=O)O[C@@H](COC(=O)CCCCCCCCCCC)COC(=O)CCCCCCCCCCCCCCC(C)C. The molecule has 0 saturated carbocycles. The fourth-order valence-corrected chi connectivity index (χ4v) is 8.39. The Hall–Kier alpha value is -1.59. The molecule has 6 nitrogen and oxygen atoms in total. The van der Waals surface area contributed by atoms with Gasteiger partial charge >= 0.3 is 17.9 Å². The molecular weight excluding hydrogens is 757 g/mol. The summed E-state index contributed by atoms with van der Waals surface area (Å²) in [7, 11) is 0. The van der Waals surface area contributed by atoms with Gasteiger partial charge in [-0.15, -0.1) is 0 Å². The molecular formula is C55H106O6. The van der Waals surface area contributed by atoms with Crippen LogP contribution in [0.25, 0.3) is 0 Å². The zero-order valence-corrected chi connectivity index (χ0v) is 41.6. The number of carbonyl (C=O) groups excluding carboxylic acids is 3. The Morgan fingerprint density at radius 2 is 0.541 bits per heavy atom. The summed E-state index contributed by atoms with van der Waals surface area (Å²) in [5.41, 5.74) is 0. The topological polar surface area (TPSA) is 78.9 Å². The molecule has 362 valence electrons. The number of ether oxygens (including phenoxy) is 3. The Bertz CT molecular complexity index is 918. The van der Waals surface area contributed by atoms with Crippen LogP contribution in [-0.4, -0.2) is 37.2 Å². The summed E-state index contributed by atoms with van der Waals surface area (Å²) in [6, 6.07) is 0. The van der Waals surface area contributed by atoms with Crippen molar-refractivity contribution in [3.63, 3.8) is 0 Å². The first kappa shape index (κ1) is 59.4. The first-order valence-electron chi connectivity index (χ1n) is 27.4. The van der Waals surface area contributed by atoms with Gasteiger partial charge in [0.05, 0.1) is 0 Å². The molecule has 0 N–H and O–H groups in total. The van der Waals surface area contributed by atoms with Crippen molar-refractivity contribution < 1.29 is 28.6 Å². The molecule has 0 aliphatic heterocycles. The van der Waals surface area contributed by atoms with E-state index < -0.39 is 6.10 Å². The standard InChI is InChI=1S/C55H106O6/c1-5-7-9-11-13-15-16-17-18-19-20-21-22-23-28-32-36-40-44-48-55(58)61-52(49-59-53(56)46-42-38-34-29-14-12-10-8-6-2)50-60-54(57)47-43-39-35-31-27-25-24-26-30-33-37-41-45-51(3)4/h51-52H,5-50H2,1-4H3/t52-/m0/s1. The van der Waals surface area contributed by atoms with Crippen molar-refractivity contribution in [1.29, 1.82) is 0 Å². The Labute approximate surface area is 380 Å². The van der Waals surface area contributed by atoms with Crippen LogP contribution in [0.3, 0.4) is 0 Å². The van der Waals surface area contributed by atoms with Crippen LogP contribution in [0.4, 0.5) is 0 Å². The fraction of sp³-hybridized carbons (Fsp3) is 0.945. The second kappa shape index (κ2) is 49.4. The van der Waals surface area contributed by atoms with Gasteiger partial charge in [-0.3, -0.25) is 14.4 Å². The molecule has 0 fully saturated rings. The second-order valence-electron chi connectivity index (χ2n) is 19.3. The van der Waals surface area contributed by atoms with Crippen LogP contribution in [-0.2, 0) is 28.6 Å². The van der Waals surface area contributed by atoms with Gasteiger partial charge in [0.15, 0.2) is 6.10 Å². The van der Waals surface area contributed by atoms with E-state index in [9.17, 15) is 14.4 Å². The molecule has 0 heterocycles. The van der Waals surface area contributed by atoms with Crippen LogP contribution >= 0.6 is 0 Å². The van der Waals surface area contributed by atoms with Gasteiger partial charge < -0.3 is 14.2 Å². The first-order valence-corrected chi connectivity index (χ1v) is 27.4. The van der Waals surface area contributed by atoms with Crippen LogP contribution in [0.2, 0.25) is 0 Å². The van der Waals surface area contributed by atoms with Gasteiger partial charge in [-0.1, -0.05) is 272 Å². The van der Waals surface area contributed by atoms with Crippen molar-refractivity contribution in [3.05, 3.63) is 0 Å². The highest BCUT2D eigenvalue weighted by Crippen LogP contribution is 2.17. The molecule has 0 bridgehead atoms. The predicted octanol–water partition coefficient (Wildman–Crippen LogP) is 17.8. The molecule has 0 spiro atoms. The lowest BCUT2D eigenvalue weighted by Gasteiger charge is -2.18. The lowest BCUT2D eigenvalue weighted by Crippen LogP contribution is -2.30. The summed E-state index contributed by atoms with van der Waals surface area (Å²) >= 11 is 0. The van der Waals surface area contributed by atoms with Crippen molar-refractivity contribution in [1.82, 2.24) is 0 Å². The molecule has 0 unspecified atom stereocenters. The van der Waals surface area contributed by atoms with E-state index in [-0.39, 0.29) is 31.1 Å². The molecule has 0 aromatic rings. The van der Waals surface area contributed by atoms with Gasteiger partial charge in [0.2, 0.25) is 0 Å². The van der Waals surface area contributed by atoms with Crippen molar-refractivity contribution in [2.45, 2.75) is 316 Å². The van der Waals surface area contributed by atoms with Crippen molar-refractivity contribution in [2.24, 2.45) is 5.92 Å². The maximum Gasteiger partial charge on any atom is 0.306 e. The highest BCUT2D eigenvalue weighted by atomic mass is 16.6. The Kier molecular flexibility index (Phi) is 48.1. The smallest absolute Gasteiger partial charge is 0.306 e. The van der Waals surface area contributed by atoms with E-state index in [0.29, 0.717) is 19.3 Å². The van der Waals surface area contributed by atoms with Crippen molar-refractivity contribution >= 4 is 17.9 Å². The van der Waals surface area contributed by atoms with Gasteiger partial charge in [-0.2, -0.15) is 0 Å². The highest BCUT2D eigenvalue weighted by molar-refractivity contribution is 5.71. The number of carbonyl (C=O) groups is 3. The zero-order valence-electron chi connectivity index (χ0n) is 41.6. The minimum absolute atomic E-state index is 0.0627. The molecule has 0 radical (unpaired) electrons. The van der Waals surface area contributed by atoms with E-state index in [4.69, 9.17) is 14.2 Å². The maximum absolute atomic E-state index is 12.8. The maximum atomic E-state index is 12.8. The molecule has 6 heteroatoms. The second-order valence-corrected chi connectivity index (χ2v) is 19.3. The summed E-state index contributed by atoms with van der Waals surface area (Å²) in [5, 5.41) is 0. The summed E-state index contributed by atoms with van der Waals surface area (Å²) < 4.78 is 16.8. The van der Waals surface area contributed by atoms with E-state index in [1.54, 1.807) is 0 Å². The number of hydrogen-bond acceptors (Lipinski definition) is 6. The number of unbranched alkanes of at least 4 members (excludes halogenated alkanes) is 37. The Balaban J connectivity index is 4.22. The third kappa shape index (κ3) is 49.3. The lowest BCUT2D eigenvalue weighted by atomic mass is 10.0. The van der Waals surface area contributed by atoms with Crippen LogP contribution in [0.5, 0.6) is 0 Å². The fourth-order valence-electron chi connectivity index (χ4n) is 8.39. The minimum atomic E-state index is -0.760. The number of rotatable bonds is 50. The molecule has 0 aliphatic rings. The Morgan fingerprint density at radius 3 is 0.803 bits per heavy atom. The van der Waals surface area contributed by atoms with Gasteiger partial charge in [0, 0.05) is 19.3 Å². The molecule has 0 aliphatic carbocycles. The summed E-state index contributed by atoms with van der Waals surface area (Å²) in [6.07, 6.45) is 52.4. The molecule has 1 atom stereocenters. The van der Waals surface area contributed by atoms with Crippen LogP contribution in [0.1, 0.15) is 310 Å². The molecule has 0 saturated heterocycles. The van der Waals surface area contributed by atoms with E-state index >= 15 is 0 Å². The van der Waals surface area contributed by atoms with E-state index in [1.165, 1.54) is 205 Å². The van der Waals surface area contributed by atoms with Gasteiger partial charge in [0.1, 0.15) is 13.2 Å². The summed E-state index contributed by atoms with van der Waals surface area (Å²) in [5.74, 6) is -0.00974. The molecule has 0 aromatic heterocycles. The van der Waals surface area contributed by atoms with E-state index in [2.05, 4.69) is 27.7 Å². The van der Waals surface area contributed by atoms with Crippen molar-refractivity contribution in [3.8, 4) is 0 Å². The Morgan fingerprint density at radius 1 is 0.311 bits per heavy atom. The average Bonchev–Trinajstić information content (AvgIpc) is 3.24. The molecule has 0 rings (SSSR count). The van der Waals surface area contributed by atoms with Gasteiger partial charge in [-0.25, -0.2) is 0 Å². The quantitative estimate of drug-likeness (QED) is 0.0344. The van der Waals surface area contributed by atoms with Crippen LogP contribution in [0.15, 0.2) is 0 Å². The van der Waals surface area contributed by atoms with Crippen molar-refractivity contribution in [2.75, 3.05) is 13.2 Å². The van der Waals surface area contributed by atoms with Gasteiger partial charge in [0.25, 0.3) is 0 Å². The van der Waals surface area contributed by atoms with Crippen LogP contribution < -0.4 is 0 Å². The highest BCUT2D eigenvalue weighted by Gasteiger charge is 2.19. The molecule has 0 aromatic carbocycles. The van der Waals surface area contributed by atoms with Gasteiger partial charge in [-0.05, 0) is 25.2 Å². The van der Waals surface area contributed by atoms with Crippen LogP contribution in [0, 0.1) is 5.92 Å². The average molecular weight is 863 g/mol. The first-order chi connectivity index (χ1) is 29.9. The number of hydrogen-bond donors (Lipinski definition) is 0. The lowest BCUT2D eigenvalue weighted by molar-refractivity contribution is -0.167.